The van der Waals surface area contributed by atoms with E-state index in [9.17, 15) is 0 Å². The minimum absolute atomic E-state index is 0.780. The van der Waals surface area contributed by atoms with E-state index < -0.39 is 0 Å². The molecule has 2 aromatic heterocycles. The number of thiophene rings is 1. The SMILES string of the molecule is COCCCn1ccnc1NCc1ccc(C)s1. The third-order valence-corrected chi connectivity index (χ3v) is 3.68. The lowest BCUT2D eigenvalue weighted by Crippen LogP contribution is -2.08. The Hall–Kier alpha value is -1.33. The highest BCUT2D eigenvalue weighted by Crippen LogP contribution is 2.16. The standard InChI is InChI=1S/C13H19N3OS/c1-11-4-5-12(18-11)10-15-13-14-6-8-16(13)7-3-9-17-2/h4-6,8H,3,7,9-10H2,1-2H3,(H,14,15). The number of ether oxygens (including phenoxy) is 1. The van der Waals surface area contributed by atoms with Gasteiger partial charge in [0.05, 0.1) is 6.54 Å². The average Bonchev–Trinajstić information content (AvgIpc) is 2.96. The number of nitrogens with one attached hydrogen (secondary N) is 1. The van der Waals surface area contributed by atoms with Crippen LogP contribution in [0.15, 0.2) is 24.5 Å². The second kappa shape index (κ2) is 6.56. The van der Waals surface area contributed by atoms with Crippen molar-refractivity contribution in [3.05, 3.63) is 34.3 Å². The quantitative estimate of drug-likeness (QED) is 0.782. The molecule has 2 aromatic rings. The van der Waals surface area contributed by atoms with Crippen LogP contribution in [0.25, 0.3) is 0 Å². The number of anilines is 1. The van der Waals surface area contributed by atoms with Crippen molar-refractivity contribution in [2.75, 3.05) is 19.0 Å². The van der Waals surface area contributed by atoms with Crippen LogP contribution < -0.4 is 5.32 Å². The largest absolute Gasteiger partial charge is 0.385 e. The molecule has 0 amide bonds. The Bertz CT molecular complexity index is 478. The molecule has 0 saturated heterocycles. The van der Waals surface area contributed by atoms with Crippen LogP contribution >= 0.6 is 11.3 Å². The van der Waals surface area contributed by atoms with Crippen molar-refractivity contribution in [2.24, 2.45) is 0 Å². The molecule has 0 spiro atoms. The van der Waals surface area contributed by atoms with E-state index in [1.165, 1.54) is 9.75 Å². The Morgan fingerprint density at radius 3 is 3.06 bits per heavy atom. The summed E-state index contributed by atoms with van der Waals surface area (Å²) in [5.41, 5.74) is 0. The summed E-state index contributed by atoms with van der Waals surface area (Å²) in [4.78, 5) is 7.01. The maximum atomic E-state index is 5.06. The Morgan fingerprint density at radius 2 is 2.33 bits per heavy atom. The molecule has 0 radical (unpaired) electrons. The van der Waals surface area contributed by atoms with Crippen LogP contribution in [0.1, 0.15) is 16.2 Å². The van der Waals surface area contributed by atoms with Gasteiger partial charge in [-0.05, 0) is 25.5 Å². The summed E-state index contributed by atoms with van der Waals surface area (Å²) in [7, 11) is 1.73. The fourth-order valence-corrected chi connectivity index (χ4v) is 2.61. The van der Waals surface area contributed by atoms with E-state index in [2.05, 4.69) is 33.9 Å². The maximum absolute atomic E-state index is 5.06. The molecule has 5 heteroatoms. The van der Waals surface area contributed by atoms with Crippen molar-refractivity contribution in [1.29, 1.82) is 0 Å². The van der Waals surface area contributed by atoms with Crippen LogP contribution in [0.2, 0.25) is 0 Å². The number of nitrogens with zero attached hydrogens (tertiary/aromatic N) is 2. The Balaban J connectivity index is 1.87. The Kier molecular flexibility index (Phi) is 4.78. The van der Waals surface area contributed by atoms with E-state index in [1.54, 1.807) is 7.11 Å². The number of aromatic nitrogens is 2. The van der Waals surface area contributed by atoms with Crippen molar-refractivity contribution in [2.45, 2.75) is 26.4 Å². The van der Waals surface area contributed by atoms with Gasteiger partial charge in [0.1, 0.15) is 0 Å². The van der Waals surface area contributed by atoms with Gasteiger partial charge < -0.3 is 14.6 Å². The molecule has 0 unspecified atom stereocenters. The fraction of sp³-hybridized carbons (Fsp3) is 0.462. The van der Waals surface area contributed by atoms with Crippen molar-refractivity contribution >= 4 is 17.3 Å². The zero-order valence-electron chi connectivity index (χ0n) is 10.8. The van der Waals surface area contributed by atoms with Crippen LogP contribution in [-0.4, -0.2) is 23.3 Å². The Labute approximate surface area is 112 Å². The molecule has 2 rings (SSSR count). The van der Waals surface area contributed by atoms with Gasteiger partial charge in [-0.1, -0.05) is 0 Å². The maximum Gasteiger partial charge on any atom is 0.203 e. The van der Waals surface area contributed by atoms with E-state index in [-0.39, 0.29) is 0 Å². The van der Waals surface area contributed by atoms with Gasteiger partial charge in [-0.2, -0.15) is 0 Å². The first kappa shape index (κ1) is 13.1. The summed E-state index contributed by atoms with van der Waals surface area (Å²) >= 11 is 1.82. The molecule has 18 heavy (non-hydrogen) atoms. The topological polar surface area (TPSA) is 39.1 Å². The van der Waals surface area contributed by atoms with Crippen LogP contribution in [-0.2, 0) is 17.8 Å². The molecule has 0 atom stereocenters. The molecular weight excluding hydrogens is 246 g/mol. The summed E-state index contributed by atoms with van der Waals surface area (Å²) in [6, 6.07) is 4.30. The van der Waals surface area contributed by atoms with Crippen molar-refractivity contribution in [3.63, 3.8) is 0 Å². The van der Waals surface area contributed by atoms with Gasteiger partial charge in [0.15, 0.2) is 0 Å². The van der Waals surface area contributed by atoms with Gasteiger partial charge in [-0.25, -0.2) is 4.98 Å². The van der Waals surface area contributed by atoms with E-state index in [0.717, 1.165) is 32.1 Å². The lowest BCUT2D eigenvalue weighted by atomic mass is 10.4. The molecule has 0 aromatic carbocycles. The predicted octanol–water partition coefficient (Wildman–Crippen LogP) is 2.90. The highest BCUT2D eigenvalue weighted by molar-refractivity contribution is 7.11. The second-order valence-corrected chi connectivity index (χ2v) is 5.53. The van der Waals surface area contributed by atoms with Crippen LogP contribution in [0, 0.1) is 6.92 Å². The molecule has 4 nitrogen and oxygen atoms in total. The highest BCUT2D eigenvalue weighted by Gasteiger charge is 2.03. The minimum Gasteiger partial charge on any atom is -0.385 e. The molecule has 0 bridgehead atoms. The summed E-state index contributed by atoms with van der Waals surface area (Å²) in [6.07, 6.45) is 4.83. The summed E-state index contributed by atoms with van der Waals surface area (Å²) in [5.74, 6) is 0.928. The lowest BCUT2D eigenvalue weighted by Gasteiger charge is -2.08. The number of imidazole rings is 1. The monoisotopic (exact) mass is 265 g/mol. The summed E-state index contributed by atoms with van der Waals surface area (Å²) < 4.78 is 7.18. The van der Waals surface area contributed by atoms with E-state index in [4.69, 9.17) is 4.74 Å². The highest BCUT2D eigenvalue weighted by atomic mass is 32.1. The van der Waals surface area contributed by atoms with Crippen molar-refractivity contribution in [1.82, 2.24) is 9.55 Å². The molecule has 0 saturated carbocycles. The predicted molar refractivity (Wildman–Crippen MR) is 75.1 cm³/mol. The molecule has 2 heterocycles. The molecular formula is C13H19N3OS. The van der Waals surface area contributed by atoms with E-state index in [1.807, 2.05) is 23.7 Å². The number of hydrogen-bond acceptors (Lipinski definition) is 4. The smallest absolute Gasteiger partial charge is 0.203 e. The molecule has 0 aliphatic carbocycles. The zero-order chi connectivity index (χ0) is 12.8. The molecule has 0 fully saturated rings. The van der Waals surface area contributed by atoms with Crippen LogP contribution in [0.5, 0.6) is 0 Å². The second-order valence-electron chi connectivity index (χ2n) is 4.16. The van der Waals surface area contributed by atoms with Crippen LogP contribution in [0.4, 0.5) is 5.95 Å². The van der Waals surface area contributed by atoms with E-state index >= 15 is 0 Å². The first-order chi connectivity index (χ1) is 8.79. The van der Waals surface area contributed by atoms with E-state index in [0.29, 0.717) is 0 Å². The van der Waals surface area contributed by atoms with Gasteiger partial charge in [0.2, 0.25) is 5.95 Å². The number of rotatable bonds is 7. The van der Waals surface area contributed by atoms with Gasteiger partial charge in [-0.15, -0.1) is 11.3 Å². The zero-order valence-corrected chi connectivity index (χ0v) is 11.7. The van der Waals surface area contributed by atoms with Crippen LogP contribution in [0.3, 0.4) is 0 Å². The van der Waals surface area contributed by atoms with Gasteiger partial charge >= 0.3 is 0 Å². The van der Waals surface area contributed by atoms with Crippen molar-refractivity contribution < 1.29 is 4.74 Å². The molecule has 1 N–H and O–H groups in total. The van der Waals surface area contributed by atoms with Gasteiger partial charge in [-0.3, -0.25) is 0 Å². The fourth-order valence-electron chi connectivity index (χ4n) is 1.78. The third kappa shape index (κ3) is 3.58. The minimum atomic E-state index is 0.780. The average molecular weight is 265 g/mol. The number of hydrogen-bond donors (Lipinski definition) is 1. The summed E-state index contributed by atoms with van der Waals surface area (Å²) in [6.45, 7) is 4.67. The third-order valence-electron chi connectivity index (χ3n) is 2.68. The molecule has 0 aliphatic heterocycles. The normalized spacial score (nSPS) is 10.8. The van der Waals surface area contributed by atoms with Gasteiger partial charge in [0, 0.05) is 42.4 Å². The van der Waals surface area contributed by atoms with Crippen molar-refractivity contribution in [3.8, 4) is 0 Å². The number of aryl methyl sites for hydroxylation is 2. The summed E-state index contributed by atoms with van der Waals surface area (Å²) in [5, 5.41) is 3.37. The first-order valence-electron chi connectivity index (χ1n) is 6.09. The first-order valence-corrected chi connectivity index (χ1v) is 6.90. The molecule has 98 valence electrons. The van der Waals surface area contributed by atoms with Gasteiger partial charge in [0.25, 0.3) is 0 Å². The Morgan fingerprint density at radius 1 is 1.44 bits per heavy atom. The molecule has 0 aliphatic rings. The number of methoxy groups -OCH3 is 1. The lowest BCUT2D eigenvalue weighted by molar-refractivity contribution is 0.190.